The van der Waals surface area contributed by atoms with Crippen LogP contribution in [0.25, 0.3) is 10.8 Å². The number of aldehydes is 2. The van der Waals surface area contributed by atoms with Gasteiger partial charge in [-0.05, 0) is 67.1 Å². The molecule has 8 rings (SSSR count). The first-order valence-corrected chi connectivity index (χ1v) is 26.8. The number of Topliss-reactive ketones (excluding diaryl/α,β-unsaturated/α-hetero) is 2. The van der Waals surface area contributed by atoms with E-state index in [0.717, 1.165) is 17.7 Å². The van der Waals surface area contributed by atoms with Crippen molar-refractivity contribution in [2.24, 2.45) is 57.3 Å². The highest BCUT2D eigenvalue weighted by Crippen LogP contribution is 2.51. The first-order chi connectivity index (χ1) is 35.9. The molecule has 3 aromatic rings. The Morgan fingerprint density at radius 2 is 1.53 bits per heavy atom. The van der Waals surface area contributed by atoms with Crippen molar-refractivity contribution < 1.29 is 58.3 Å². The zero-order valence-corrected chi connectivity index (χ0v) is 45.8. The highest BCUT2D eigenvalue weighted by molar-refractivity contribution is 6.21. The van der Waals surface area contributed by atoms with Gasteiger partial charge in [0.05, 0.1) is 41.3 Å². The predicted octanol–water partition coefficient (Wildman–Crippen LogP) is 7.77. The van der Waals surface area contributed by atoms with Gasteiger partial charge in [0, 0.05) is 80.6 Å². The van der Waals surface area contributed by atoms with Gasteiger partial charge in [-0.3, -0.25) is 24.2 Å². The SMILES string of the molecule is C/C1=C/C=C/[C@H](C)[C@H](OC(=O)CCC(=O)Cc2ccc(CC(C=O)C=O)cc2)[C@@H](C)[C@@H](O)[C@@H](C)[C@H](C)[C@H](C)[C@@H](C)/C=C/O[C@@]2(C)Oc3c(C)c(O)c4c(O)c(c5c(c4c3C2=O)NC2(CCN(CC(C)C)CC2)N=5)=NC1=O. The Hall–Kier alpha value is -6.52. The molecule has 1 amide bonds. The number of amides is 1. The van der Waals surface area contributed by atoms with Crippen molar-refractivity contribution in [2.45, 2.75) is 138 Å². The molecule has 16 heteroatoms. The number of carbonyl (C=O) groups is 6. The maximum Gasteiger partial charge on any atom is 0.312 e. The van der Waals surface area contributed by atoms with Gasteiger partial charge in [-0.15, -0.1) is 0 Å². The normalized spacial score (nSPS) is 28.4. The van der Waals surface area contributed by atoms with Crippen molar-refractivity contribution >= 4 is 52.5 Å². The molecule has 4 N–H and O–H groups in total. The standard InChI is InChI=1S/C60H76N4O12/c1-32(2)29-64-24-22-60(23-25-64)62-49-46-47-53(70)40(10)56-48(46)57(72)59(11,76-56)74-26-21-33(3)36(6)37(7)38(8)52(69)39(9)55(34(4)13-12-14-35(5)58(73)61-51(54(47)71)50(49)63-60)75-45(68)20-19-44(67)28-42-17-15-41(16-18-42)27-43(30-65)31-66/h12-18,21,26,30-34,36-39,43,52,55,62,69-71H,19-20,22-25,27-29H2,1-11H3/b13-12+,26-21+,35-14-,61-51?/t33-,34-,36+,37+,38-,39-,52-,55-,59-/m0/s1. The number of hydrogen-bond donors (Lipinski definition) is 4. The quantitative estimate of drug-likeness (QED) is 0.0588. The van der Waals surface area contributed by atoms with Crippen LogP contribution in [-0.2, 0) is 46.3 Å². The first-order valence-electron chi connectivity index (χ1n) is 26.8. The second kappa shape index (κ2) is 23.4. The van der Waals surface area contributed by atoms with Crippen LogP contribution in [0.5, 0.6) is 17.2 Å². The van der Waals surface area contributed by atoms with E-state index in [-0.39, 0.29) is 105 Å². The lowest BCUT2D eigenvalue weighted by molar-refractivity contribution is -0.158. The Balaban J connectivity index is 1.24. The molecule has 5 aliphatic heterocycles. The number of rotatable bonds is 12. The molecule has 3 aromatic carbocycles. The van der Waals surface area contributed by atoms with E-state index >= 15 is 0 Å². The van der Waals surface area contributed by atoms with Gasteiger partial charge in [0.25, 0.3) is 11.7 Å². The molecule has 0 radical (unpaired) electrons. The third kappa shape index (κ3) is 11.9. The zero-order valence-electron chi connectivity index (χ0n) is 45.8. The molecule has 0 aliphatic carbocycles. The van der Waals surface area contributed by atoms with Crippen molar-refractivity contribution in [2.75, 3.05) is 25.0 Å². The van der Waals surface area contributed by atoms with Crippen LogP contribution < -0.4 is 20.8 Å². The molecule has 0 saturated carbocycles. The number of nitrogens with one attached hydrogen (secondary N) is 1. The number of anilines is 1. The number of carbonyl (C=O) groups excluding carboxylic acids is 6. The molecule has 0 unspecified atom stereocenters. The Morgan fingerprint density at radius 3 is 2.17 bits per heavy atom. The monoisotopic (exact) mass is 1040 g/mol. The first kappa shape index (κ1) is 57.2. The molecule has 1 fully saturated rings. The van der Waals surface area contributed by atoms with E-state index in [1.807, 2.05) is 40.7 Å². The van der Waals surface area contributed by atoms with Crippen LogP contribution in [0, 0.1) is 54.3 Å². The minimum Gasteiger partial charge on any atom is -0.507 e. The highest BCUT2D eigenvalue weighted by atomic mass is 16.7. The Morgan fingerprint density at radius 1 is 0.868 bits per heavy atom. The number of hydrogen-bond acceptors (Lipinski definition) is 15. The van der Waals surface area contributed by atoms with E-state index in [2.05, 4.69) is 36.0 Å². The average molecular weight is 1050 g/mol. The molecule has 1 spiro atoms. The summed E-state index contributed by atoms with van der Waals surface area (Å²) in [4.78, 5) is 90.1. The fraction of sp³-hybridized carbons (Fsp3) is 0.533. The minimum absolute atomic E-state index is 0.0315. The smallest absolute Gasteiger partial charge is 0.312 e. The Kier molecular flexibility index (Phi) is 17.6. The lowest BCUT2D eigenvalue weighted by Gasteiger charge is -2.38. The highest BCUT2D eigenvalue weighted by Gasteiger charge is 2.50. The fourth-order valence-electron chi connectivity index (χ4n) is 11.2. The number of fused-ring (bicyclic) bond motifs is 13. The van der Waals surface area contributed by atoms with Crippen molar-refractivity contribution in [3.63, 3.8) is 0 Å². The molecule has 0 aromatic heterocycles. The number of phenolic OH excluding ortho intramolecular Hbond substituents is 2. The van der Waals surface area contributed by atoms with Crippen molar-refractivity contribution in [3.05, 3.63) is 93.4 Å². The number of phenols is 2. The van der Waals surface area contributed by atoms with Crippen LogP contribution in [0.4, 0.5) is 5.69 Å². The number of benzene rings is 3. The molecule has 76 heavy (non-hydrogen) atoms. The van der Waals surface area contributed by atoms with Crippen LogP contribution in [0.1, 0.15) is 122 Å². The van der Waals surface area contributed by atoms with E-state index in [9.17, 15) is 44.1 Å². The van der Waals surface area contributed by atoms with Crippen LogP contribution in [0.15, 0.2) is 70.4 Å². The van der Waals surface area contributed by atoms with E-state index in [0.29, 0.717) is 50.1 Å². The lowest BCUT2D eigenvalue weighted by atomic mass is 9.72. The number of ketones is 2. The van der Waals surface area contributed by atoms with Gasteiger partial charge in [0.1, 0.15) is 52.3 Å². The van der Waals surface area contributed by atoms with Crippen molar-refractivity contribution in [3.8, 4) is 17.2 Å². The Labute approximate surface area is 445 Å². The topological polar surface area (TPSA) is 231 Å². The molecule has 16 nitrogen and oxygen atoms in total. The second-order valence-corrected chi connectivity index (χ2v) is 22.6. The summed E-state index contributed by atoms with van der Waals surface area (Å²) < 4.78 is 18.8. The predicted molar refractivity (Wildman–Crippen MR) is 287 cm³/mol. The van der Waals surface area contributed by atoms with Gasteiger partial charge in [0.15, 0.2) is 5.75 Å². The summed E-state index contributed by atoms with van der Waals surface area (Å²) in [5.41, 5.74) is 1.44. The average Bonchev–Trinajstić information content (AvgIpc) is 3.93. The summed E-state index contributed by atoms with van der Waals surface area (Å²) in [6, 6.07) is 7.05. The van der Waals surface area contributed by atoms with Gasteiger partial charge >= 0.3 is 11.8 Å². The largest absolute Gasteiger partial charge is 0.507 e. The fourth-order valence-corrected chi connectivity index (χ4v) is 11.2. The molecule has 408 valence electrons. The molecular weight excluding hydrogens is 969 g/mol. The lowest BCUT2D eigenvalue weighted by Crippen LogP contribution is -2.47. The summed E-state index contributed by atoms with van der Waals surface area (Å²) >= 11 is 0. The van der Waals surface area contributed by atoms with Crippen molar-refractivity contribution in [1.29, 1.82) is 0 Å². The molecule has 5 heterocycles. The van der Waals surface area contributed by atoms with E-state index < -0.39 is 64.8 Å². The minimum atomic E-state index is -1.87. The third-order valence-electron chi connectivity index (χ3n) is 16.5. The third-order valence-corrected chi connectivity index (χ3v) is 16.5. The van der Waals surface area contributed by atoms with E-state index in [4.69, 9.17) is 19.2 Å². The van der Waals surface area contributed by atoms with Gasteiger partial charge in [-0.1, -0.05) is 97.9 Å². The van der Waals surface area contributed by atoms with E-state index in [1.165, 1.54) is 13.2 Å². The van der Waals surface area contributed by atoms with Crippen LogP contribution in [-0.4, -0.2) is 99.5 Å². The van der Waals surface area contributed by atoms with Crippen LogP contribution in [0.2, 0.25) is 0 Å². The summed E-state index contributed by atoms with van der Waals surface area (Å²) in [7, 11) is 0. The number of ether oxygens (including phenoxy) is 3. The number of piperidine rings is 1. The van der Waals surface area contributed by atoms with Gasteiger partial charge in [0.2, 0.25) is 0 Å². The number of aromatic hydroxyl groups is 2. The summed E-state index contributed by atoms with van der Waals surface area (Å²) in [6.45, 7) is 23.1. The second-order valence-electron chi connectivity index (χ2n) is 22.6. The number of aliphatic hydroxyl groups excluding tert-OH is 1. The molecule has 5 aliphatic rings. The summed E-state index contributed by atoms with van der Waals surface area (Å²) in [6.07, 6.45) is 8.86. The molecule has 1 saturated heterocycles. The molecular formula is C60H76N4O12. The van der Waals surface area contributed by atoms with Crippen molar-refractivity contribution in [1.82, 2.24) is 4.90 Å². The Bertz CT molecular complexity index is 2960. The number of allylic oxidation sites excluding steroid dienone is 3. The molecule has 9 atom stereocenters. The summed E-state index contributed by atoms with van der Waals surface area (Å²) in [5, 5.41) is 40.0. The van der Waals surface area contributed by atoms with E-state index in [1.54, 1.807) is 56.3 Å². The number of aliphatic hydroxyl groups is 1. The molecule has 5 bridgehead atoms. The number of nitrogens with zero attached hydrogens (tertiary/aromatic N) is 3. The van der Waals surface area contributed by atoms with Crippen LogP contribution in [0.3, 0.4) is 0 Å². The maximum atomic E-state index is 14.8. The van der Waals surface area contributed by atoms with Gasteiger partial charge < -0.3 is 49.3 Å². The van der Waals surface area contributed by atoms with Crippen LogP contribution >= 0.6 is 0 Å². The number of esters is 1. The zero-order chi connectivity index (χ0) is 55.6. The van der Waals surface area contributed by atoms with Gasteiger partial charge in [-0.25, -0.2) is 4.99 Å². The summed E-state index contributed by atoms with van der Waals surface area (Å²) in [5.74, 6) is -6.65. The number of likely N-dealkylation sites (tertiary alicyclic amines) is 1. The van der Waals surface area contributed by atoms with Gasteiger partial charge in [-0.2, -0.15) is 0 Å². The maximum absolute atomic E-state index is 14.8.